The summed E-state index contributed by atoms with van der Waals surface area (Å²) in [7, 11) is 1.72. The van der Waals surface area contributed by atoms with E-state index in [0.29, 0.717) is 5.92 Å². The molecule has 0 radical (unpaired) electrons. The van der Waals surface area contributed by atoms with Crippen molar-refractivity contribution in [2.45, 2.75) is 38.6 Å². The minimum absolute atomic E-state index is 0.580. The fourth-order valence-corrected chi connectivity index (χ4v) is 3.42. The molecule has 0 spiro atoms. The summed E-state index contributed by atoms with van der Waals surface area (Å²) < 4.78 is 5.32. The highest BCUT2D eigenvalue weighted by Crippen LogP contribution is 2.29. The molecule has 4 heteroatoms. The first-order chi connectivity index (χ1) is 10.8. The first-order valence-electron chi connectivity index (χ1n) is 8.17. The number of aromatic nitrogens is 2. The van der Waals surface area contributed by atoms with Gasteiger partial charge in [-0.3, -0.25) is 10.00 Å². The molecular formula is C18H25N3O. The Morgan fingerprint density at radius 3 is 3.14 bits per heavy atom. The van der Waals surface area contributed by atoms with Crippen molar-refractivity contribution >= 4 is 0 Å². The Labute approximate surface area is 132 Å². The summed E-state index contributed by atoms with van der Waals surface area (Å²) in [5, 5.41) is 7.47. The zero-order valence-electron chi connectivity index (χ0n) is 13.5. The van der Waals surface area contributed by atoms with Crippen molar-refractivity contribution in [3.05, 3.63) is 47.3 Å². The summed E-state index contributed by atoms with van der Waals surface area (Å²) in [4.78, 5) is 2.54. The average Bonchev–Trinajstić information content (AvgIpc) is 3.04. The molecule has 2 aromatic rings. The smallest absolute Gasteiger partial charge is 0.119 e. The van der Waals surface area contributed by atoms with Gasteiger partial charge in [-0.25, -0.2) is 0 Å². The summed E-state index contributed by atoms with van der Waals surface area (Å²) in [6.07, 6.45) is 5.54. The van der Waals surface area contributed by atoms with E-state index in [2.05, 4.69) is 40.2 Å². The van der Waals surface area contributed by atoms with E-state index >= 15 is 0 Å². The van der Waals surface area contributed by atoms with Gasteiger partial charge in [0.2, 0.25) is 0 Å². The average molecular weight is 299 g/mol. The maximum Gasteiger partial charge on any atom is 0.119 e. The van der Waals surface area contributed by atoms with Gasteiger partial charge in [0.25, 0.3) is 0 Å². The predicted molar refractivity (Wildman–Crippen MR) is 88.2 cm³/mol. The van der Waals surface area contributed by atoms with Crippen LogP contribution < -0.4 is 4.74 Å². The molecule has 2 heterocycles. The Morgan fingerprint density at radius 1 is 1.41 bits per heavy atom. The fraction of sp³-hybridized carbons (Fsp3) is 0.500. The lowest BCUT2D eigenvalue weighted by Crippen LogP contribution is -2.34. The summed E-state index contributed by atoms with van der Waals surface area (Å²) in [5.74, 6) is 1.52. The van der Waals surface area contributed by atoms with E-state index in [4.69, 9.17) is 4.74 Å². The number of hydrogen-bond donors (Lipinski definition) is 1. The number of rotatable bonds is 5. The Morgan fingerprint density at radius 2 is 2.32 bits per heavy atom. The van der Waals surface area contributed by atoms with Crippen molar-refractivity contribution in [2.24, 2.45) is 0 Å². The molecule has 0 unspecified atom stereocenters. The number of nitrogens with one attached hydrogen (secondary N) is 1. The third-order valence-corrected chi connectivity index (χ3v) is 4.59. The largest absolute Gasteiger partial charge is 0.497 e. The van der Waals surface area contributed by atoms with Crippen molar-refractivity contribution in [1.29, 1.82) is 0 Å². The van der Waals surface area contributed by atoms with Crippen LogP contribution in [0.1, 0.15) is 42.5 Å². The molecule has 1 aromatic carbocycles. The van der Waals surface area contributed by atoms with Crippen LogP contribution in [0.2, 0.25) is 0 Å². The molecule has 1 fully saturated rings. The van der Waals surface area contributed by atoms with Gasteiger partial charge in [0.1, 0.15) is 5.75 Å². The van der Waals surface area contributed by atoms with Crippen LogP contribution in [0.25, 0.3) is 0 Å². The highest BCUT2D eigenvalue weighted by molar-refractivity contribution is 5.28. The maximum atomic E-state index is 5.32. The second-order valence-electron chi connectivity index (χ2n) is 6.09. The van der Waals surface area contributed by atoms with Gasteiger partial charge in [0.05, 0.1) is 13.3 Å². The minimum Gasteiger partial charge on any atom is -0.497 e. The first-order valence-corrected chi connectivity index (χ1v) is 8.17. The molecular weight excluding hydrogens is 274 g/mol. The second-order valence-corrected chi connectivity index (χ2v) is 6.09. The topological polar surface area (TPSA) is 41.2 Å². The molecule has 1 aliphatic heterocycles. The summed E-state index contributed by atoms with van der Waals surface area (Å²) in [6, 6.07) is 8.39. The number of methoxy groups -OCH3 is 1. The summed E-state index contributed by atoms with van der Waals surface area (Å²) in [5.41, 5.74) is 4.03. The van der Waals surface area contributed by atoms with E-state index in [1.54, 1.807) is 7.11 Å². The Kier molecular flexibility index (Phi) is 4.78. The Balaban J connectivity index is 1.68. The highest BCUT2D eigenvalue weighted by Gasteiger charge is 2.24. The molecule has 0 aliphatic carbocycles. The third-order valence-electron chi connectivity index (χ3n) is 4.59. The maximum absolute atomic E-state index is 5.32. The number of aromatic amines is 1. The quantitative estimate of drug-likeness (QED) is 0.920. The number of piperidine rings is 1. The van der Waals surface area contributed by atoms with E-state index < -0.39 is 0 Å². The van der Waals surface area contributed by atoms with Crippen molar-refractivity contribution < 1.29 is 4.74 Å². The van der Waals surface area contributed by atoms with Crippen molar-refractivity contribution in [2.75, 3.05) is 20.2 Å². The Bertz CT molecular complexity index is 608. The molecule has 1 saturated heterocycles. The standard InChI is InChI=1S/C18H25N3O/c1-3-15-11-19-20-18(15)16-7-5-9-21(13-16)12-14-6-4-8-17(10-14)22-2/h4,6,8,10-11,16H,3,5,7,9,12-13H2,1-2H3,(H,19,20)/t16-/m1/s1. The lowest BCUT2D eigenvalue weighted by molar-refractivity contribution is 0.198. The molecule has 0 bridgehead atoms. The van der Waals surface area contributed by atoms with Crippen LogP contribution in [0.15, 0.2) is 30.5 Å². The van der Waals surface area contributed by atoms with E-state index in [9.17, 15) is 0 Å². The number of H-pyrrole nitrogens is 1. The van der Waals surface area contributed by atoms with Crippen LogP contribution in [-0.2, 0) is 13.0 Å². The summed E-state index contributed by atoms with van der Waals surface area (Å²) in [6.45, 7) is 5.46. The third kappa shape index (κ3) is 3.33. The van der Waals surface area contributed by atoms with Gasteiger partial charge in [0, 0.05) is 24.7 Å². The van der Waals surface area contributed by atoms with Gasteiger partial charge >= 0.3 is 0 Å². The van der Waals surface area contributed by atoms with E-state index in [1.165, 1.54) is 36.2 Å². The molecule has 22 heavy (non-hydrogen) atoms. The number of nitrogens with zero attached hydrogens (tertiary/aromatic N) is 2. The SMILES string of the molecule is CCc1cn[nH]c1[C@@H]1CCCN(Cc2cccc(OC)c2)C1. The molecule has 4 nitrogen and oxygen atoms in total. The molecule has 3 rings (SSSR count). The van der Waals surface area contributed by atoms with Gasteiger partial charge in [-0.2, -0.15) is 5.10 Å². The van der Waals surface area contributed by atoms with Crippen molar-refractivity contribution in [1.82, 2.24) is 15.1 Å². The van der Waals surface area contributed by atoms with Gasteiger partial charge in [-0.05, 0) is 49.1 Å². The molecule has 1 atom stereocenters. The van der Waals surface area contributed by atoms with Crippen LogP contribution >= 0.6 is 0 Å². The number of ether oxygens (including phenoxy) is 1. The highest BCUT2D eigenvalue weighted by atomic mass is 16.5. The monoisotopic (exact) mass is 299 g/mol. The van der Waals surface area contributed by atoms with E-state index in [1.807, 2.05) is 12.3 Å². The normalized spacial score (nSPS) is 19.3. The number of likely N-dealkylation sites (tertiary alicyclic amines) is 1. The van der Waals surface area contributed by atoms with Crippen LogP contribution in [0, 0.1) is 0 Å². The fourth-order valence-electron chi connectivity index (χ4n) is 3.42. The molecule has 1 aromatic heterocycles. The lowest BCUT2D eigenvalue weighted by atomic mass is 9.91. The van der Waals surface area contributed by atoms with Gasteiger partial charge in [-0.1, -0.05) is 19.1 Å². The van der Waals surface area contributed by atoms with Crippen LogP contribution in [0.3, 0.4) is 0 Å². The molecule has 1 aliphatic rings. The van der Waals surface area contributed by atoms with E-state index in [0.717, 1.165) is 25.3 Å². The first kappa shape index (κ1) is 15.1. The number of benzene rings is 1. The van der Waals surface area contributed by atoms with Crippen molar-refractivity contribution in [3.8, 4) is 5.75 Å². The predicted octanol–water partition coefficient (Wildman–Crippen LogP) is 3.36. The molecule has 0 amide bonds. The number of aryl methyl sites for hydroxylation is 1. The van der Waals surface area contributed by atoms with Gasteiger partial charge in [0.15, 0.2) is 0 Å². The van der Waals surface area contributed by atoms with Gasteiger partial charge < -0.3 is 4.74 Å². The molecule has 118 valence electrons. The van der Waals surface area contributed by atoms with Crippen LogP contribution in [0.5, 0.6) is 5.75 Å². The van der Waals surface area contributed by atoms with Crippen LogP contribution in [0.4, 0.5) is 0 Å². The Hall–Kier alpha value is -1.81. The van der Waals surface area contributed by atoms with Crippen LogP contribution in [-0.4, -0.2) is 35.3 Å². The summed E-state index contributed by atoms with van der Waals surface area (Å²) >= 11 is 0. The zero-order valence-corrected chi connectivity index (χ0v) is 13.5. The number of hydrogen-bond acceptors (Lipinski definition) is 3. The molecule has 0 saturated carbocycles. The van der Waals surface area contributed by atoms with Gasteiger partial charge in [-0.15, -0.1) is 0 Å². The molecule has 1 N–H and O–H groups in total. The zero-order chi connectivity index (χ0) is 15.4. The van der Waals surface area contributed by atoms with Crippen molar-refractivity contribution in [3.63, 3.8) is 0 Å². The second kappa shape index (κ2) is 6.97. The van der Waals surface area contributed by atoms with E-state index in [-0.39, 0.29) is 0 Å². The lowest BCUT2D eigenvalue weighted by Gasteiger charge is -2.32. The minimum atomic E-state index is 0.580.